The number of hydrogen-bond donors (Lipinski definition) is 1. The Balaban J connectivity index is 1.70. The monoisotopic (exact) mass is 352 g/mol. The number of furan rings is 1. The van der Waals surface area contributed by atoms with Gasteiger partial charge in [0.05, 0.1) is 23.9 Å². The Bertz CT molecular complexity index is 687. The quantitative estimate of drug-likeness (QED) is 0.873. The first-order valence-corrected chi connectivity index (χ1v) is 8.14. The number of amides is 2. The molecule has 128 valence electrons. The van der Waals surface area contributed by atoms with Crippen molar-refractivity contribution in [2.24, 2.45) is 0 Å². The van der Waals surface area contributed by atoms with Crippen LogP contribution in [0.25, 0.3) is 0 Å². The second kappa shape index (κ2) is 7.68. The molecule has 0 saturated carbocycles. The lowest BCUT2D eigenvalue weighted by atomic mass is 10.2. The zero-order valence-corrected chi connectivity index (χ0v) is 13.8. The number of nitrogens with zero attached hydrogens (tertiary/aromatic N) is 1. The van der Waals surface area contributed by atoms with Crippen LogP contribution in [-0.2, 0) is 11.3 Å². The van der Waals surface area contributed by atoms with E-state index in [1.54, 1.807) is 17.2 Å². The van der Waals surface area contributed by atoms with Gasteiger partial charge >= 0.3 is 6.03 Å². The van der Waals surface area contributed by atoms with Gasteiger partial charge in [-0.15, -0.1) is 0 Å². The summed E-state index contributed by atoms with van der Waals surface area (Å²) in [5.41, 5.74) is 0.434. The van der Waals surface area contributed by atoms with E-state index >= 15 is 0 Å². The highest BCUT2D eigenvalue weighted by atomic mass is 35.5. The highest BCUT2D eigenvalue weighted by Crippen LogP contribution is 2.21. The predicted molar refractivity (Wildman–Crippen MR) is 88.5 cm³/mol. The van der Waals surface area contributed by atoms with E-state index in [0.29, 0.717) is 31.1 Å². The molecule has 5 nitrogen and oxygen atoms in total. The Morgan fingerprint density at radius 2 is 2.29 bits per heavy atom. The maximum absolute atomic E-state index is 13.2. The molecule has 3 rings (SSSR count). The molecule has 1 aromatic carbocycles. The van der Waals surface area contributed by atoms with Crippen LogP contribution in [0.5, 0.6) is 0 Å². The number of hydrogen-bond acceptors (Lipinski definition) is 3. The van der Waals surface area contributed by atoms with Gasteiger partial charge in [0.1, 0.15) is 11.6 Å². The summed E-state index contributed by atoms with van der Waals surface area (Å²) in [7, 11) is 0. The first-order valence-electron chi connectivity index (χ1n) is 7.77. The van der Waals surface area contributed by atoms with Crippen LogP contribution in [0.15, 0.2) is 41.0 Å². The molecule has 24 heavy (non-hydrogen) atoms. The van der Waals surface area contributed by atoms with Gasteiger partial charge in [-0.1, -0.05) is 11.6 Å². The van der Waals surface area contributed by atoms with E-state index in [1.165, 1.54) is 18.2 Å². The van der Waals surface area contributed by atoms with Crippen molar-refractivity contribution in [3.05, 3.63) is 53.2 Å². The van der Waals surface area contributed by atoms with Crippen molar-refractivity contribution in [2.45, 2.75) is 25.5 Å². The van der Waals surface area contributed by atoms with Crippen molar-refractivity contribution in [3.63, 3.8) is 0 Å². The molecule has 2 aromatic rings. The van der Waals surface area contributed by atoms with Crippen molar-refractivity contribution in [1.82, 2.24) is 4.90 Å². The average Bonchev–Trinajstić information content (AvgIpc) is 3.24. The molecule has 1 N–H and O–H groups in total. The molecular formula is C17H18ClFN2O3. The number of urea groups is 1. The largest absolute Gasteiger partial charge is 0.467 e. The Kier molecular flexibility index (Phi) is 5.37. The van der Waals surface area contributed by atoms with Crippen LogP contribution in [-0.4, -0.2) is 30.2 Å². The molecule has 1 aliphatic rings. The second-order valence-corrected chi connectivity index (χ2v) is 6.06. The number of carbonyl (C=O) groups is 1. The molecule has 1 aromatic heterocycles. The number of halogens is 2. The van der Waals surface area contributed by atoms with Crippen molar-refractivity contribution in [2.75, 3.05) is 18.5 Å². The van der Waals surface area contributed by atoms with Crippen LogP contribution in [0.3, 0.4) is 0 Å². The molecule has 0 radical (unpaired) electrons. The molecular weight excluding hydrogens is 335 g/mol. The van der Waals surface area contributed by atoms with E-state index in [4.69, 9.17) is 20.8 Å². The number of anilines is 1. The van der Waals surface area contributed by atoms with Crippen LogP contribution >= 0.6 is 11.6 Å². The Hall–Kier alpha value is -2.05. The average molecular weight is 353 g/mol. The lowest BCUT2D eigenvalue weighted by molar-refractivity contribution is 0.0803. The summed E-state index contributed by atoms with van der Waals surface area (Å²) in [6.07, 6.45) is 3.50. The third-order valence-corrected chi connectivity index (χ3v) is 4.12. The summed E-state index contributed by atoms with van der Waals surface area (Å²) in [4.78, 5) is 14.2. The number of carbonyl (C=O) groups excluding carboxylic acids is 1. The van der Waals surface area contributed by atoms with E-state index in [2.05, 4.69) is 5.32 Å². The van der Waals surface area contributed by atoms with Crippen LogP contribution in [0.4, 0.5) is 14.9 Å². The summed E-state index contributed by atoms with van der Waals surface area (Å²) in [5.74, 6) is 0.154. The molecule has 1 aliphatic heterocycles. The second-order valence-electron chi connectivity index (χ2n) is 5.65. The molecule has 2 heterocycles. The molecule has 0 spiro atoms. The minimum Gasteiger partial charge on any atom is -0.467 e. The van der Waals surface area contributed by atoms with Crippen LogP contribution in [0, 0.1) is 5.82 Å². The van der Waals surface area contributed by atoms with Crippen molar-refractivity contribution < 1.29 is 18.3 Å². The lowest BCUT2D eigenvalue weighted by Gasteiger charge is -2.25. The van der Waals surface area contributed by atoms with E-state index in [-0.39, 0.29) is 17.2 Å². The van der Waals surface area contributed by atoms with Gasteiger partial charge in [0, 0.05) is 18.8 Å². The first kappa shape index (κ1) is 16.8. The smallest absolute Gasteiger partial charge is 0.322 e. The van der Waals surface area contributed by atoms with Gasteiger partial charge in [0.25, 0.3) is 0 Å². The summed E-state index contributed by atoms with van der Waals surface area (Å²) in [5, 5.41) is 2.70. The molecule has 1 atom stereocenters. The number of ether oxygens (including phenoxy) is 1. The summed E-state index contributed by atoms with van der Waals surface area (Å²) < 4.78 is 24.2. The normalized spacial score (nSPS) is 17.0. The number of nitrogens with one attached hydrogen (secondary N) is 1. The van der Waals surface area contributed by atoms with E-state index in [1.807, 2.05) is 6.07 Å². The van der Waals surface area contributed by atoms with Gasteiger partial charge < -0.3 is 19.4 Å². The third-order valence-electron chi connectivity index (χ3n) is 3.83. The third kappa shape index (κ3) is 4.27. The maximum atomic E-state index is 13.2. The highest BCUT2D eigenvalue weighted by molar-refractivity contribution is 6.31. The Morgan fingerprint density at radius 3 is 2.96 bits per heavy atom. The van der Waals surface area contributed by atoms with E-state index in [9.17, 15) is 9.18 Å². The fourth-order valence-electron chi connectivity index (χ4n) is 2.62. The molecule has 2 amide bonds. The highest BCUT2D eigenvalue weighted by Gasteiger charge is 2.23. The van der Waals surface area contributed by atoms with Gasteiger partial charge in [0.2, 0.25) is 0 Å². The lowest BCUT2D eigenvalue weighted by Crippen LogP contribution is -2.39. The molecule has 0 aliphatic carbocycles. The molecule has 1 saturated heterocycles. The van der Waals surface area contributed by atoms with Gasteiger partial charge in [-0.05, 0) is 43.2 Å². The van der Waals surface area contributed by atoms with Gasteiger partial charge in [-0.25, -0.2) is 9.18 Å². The van der Waals surface area contributed by atoms with Crippen molar-refractivity contribution in [1.29, 1.82) is 0 Å². The molecule has 0 unspecified atom stereocenters. The standard InChI is InChI=1S/C17H18ClFN2O3/c18-15-9-12(5-6-16(15)19)20-17(22)21(10-13-3-1-7-23-13)11-14-4-2-8-24-14/h1,3,5-7,9,14H,2,4,8,10-11H2,(H,20,22)/t14-/m0/s1. The molecule has 7 heteroatoms. The minimum absolute atomic E-state index is 0.0162. The summed E-state index contributed by atoms with van der Waals surface area (Å²) in [6.45, 7) is 1.50. The number of rotatable bonds is 5. The van der Waals surface area contributed by atoms with Crippen LogP contribution < -0.4 is 5.32 Å². The van der Waals surface area contributed by atoms with Crippen molar-refractivity contribution >= 4 is 23.3 Å². The topological polar surface area (TPSA) is 54.7 Å². The fraction of sp³-hybridized carbons (Fsp3) is 0.353. The fourth-order valence-corrected chi connectivity index (χ4v) is 2.80. The molecule has 0 bridgehead atoms. The zero-order chi connectivity index (χ0) is 16.9. The number of benzene rings is 1. The Morgan fingerprint density at radius 1 is 1.42 bits per heavy atom. The first-order chi connectivity index (χ1) is 11.6. The Labute approximate surface area is 144 Å². The van der Waals surface area contributed by atoms with Gasteiger partial charge in [0.15, 0.2) is 0 Å². The molecule has 1 fully saturated rings. The van der Waals surface area contributed by atoms with Crippen LogP contribution in [0.2, 0.25) is 5.02 Å². The van der Waals surface area contributed by atoms with Gasteiger partial charge in [-0.3, -0.25) is 0 Å². The van der Waals surface area contributed by atoms with E-state index in [0.717, 1.165) is 12.8 Å². The predicted octanol–water partition coefficient (Wildman–Crippen LogP) is 4.29. The minimum atomic E-state index is -0.526. The summed E-state index contributed by atoms with van der Waals surface area (Å²) >= 11 is 5.75. The van der Waals surface area contributed by atoms with Crippen molar-refractivity contribution in [3.8, 4) is 0 Å². The van der Waals surface area contributed by atoms with E-state index < -0.39 is 5.82 Å². The SMILES string of the molecule is O=C(Nc1ccc(F)c(Cl)c1)N(Cc1ccco1)C[C@@H]1CCCO1. The van der Waals surface area contributed by atoms with Gasteiger partial charge in [-0.2, -0.15) is 0 Å². The maximum Gasteiger partial charge on any atom is 0.322 e. The summed E-state index contributed by atoms with van der Waals surface area (Å²) in [6, 6.07) is 7.34. The zero-order valence-electron chi connectivity index (χ0n) is 13.0. The van der Waals surface area contributed by atoms with Crippen LogP contribution in [0.1, 0.15) is 18.6 Å².